The van der Waals surface area contributed by atoms with Crippen LogP contribution in [0.2, 0.25) is 0 Å². The van der Waals surface area contributed by atoms with Gasteiger partial charge in [0, 0.05) is 44.7 Å². The van der Waals surface area contributed by atoms with Gasteiger partial charge >= 0.3 is 5.69 Å². The highest BCUT2D eigenvalue weighted by Gasteiger charge is 2.31. The average Bonchev–Trinajstić information content (AvgIpc) is 2.73. The number of carbonyl (C=O) groups excluding carboxylic acids is 2. The lowest BCUT2D eigenvalue weighted by Crippen LogP contribution is -2.46. The van der Waals surface area contributed by atoms with Crippen molar-refractivity contribution in [2.45, 2.75) is 32.8 Å². The molecule has 2 aromatic rings. The summed E-state index contributed by atoms with van der Waals surface area (Å²) in [5.41, 5.74) is -0.512. The van der Waals surface area contributed by atoms with E-state index in [-0.39, 0.29) is 30.0 Å². The minimum atomic E-state index is -0.558. The first kappa shape index (κ1) is 21.5. The van der Waals surface area contributed by atoms with E-state index in [2.05, 4.69) is 0 Å². The van der Waals surface area contributed by atoms with Crippen LogP contribution in [0.15, 0.2) is 39.9 Å². The minimum absolute atomic E-state index is 0.00312. The van der Waals surface area contributed by atoms with E-state index in [1.54, 1.807) is 23.1 Å². The second-order valence-electron chi connectivity index (χ2n) is 7.92. The second kappa shape index (κ2) is 8.69. The van der Waals surface area contributed by atoms with Gasteiger partial charge in [-0.25, -0.2) is 4.79 Å². The maximum absolute atomic E-state index is 13.1. The molecule has 1 saturated heterocycles. The third kappa shape index (κ3) is 4.37. The van der Waals surface area contributed by atoms with Crippen LogP contribution in [-0.4, -0.2) is 44.9 Å². The lowest BCUT2D eigenvalue weighted by molar-refractivity contribution is 0.0627. The zero-order valence-electron chi connectivity index (χ0n) is 17.8. The molecule has 0 aliphatic carbocycles. The molecule has 3 rings (SSSR count). The van der Waals surface area contributed by atoms with Gasteiger partial charge in [0.05, 0.1) is 6.10 Å². The number of likely N-dealkylation sites (tertiary alicyclic amines) is 1. The fourth-order valence-electron chi connectivity index (χ4n) is 3.71. The Bertz CT molecular complexity index is 1080. The molecular formula is C22H27N3O5. The predicted molar refractivity (Wildman–Crippen MR) is 112 cm³/mol. The summed E-state index contributed by atoms with van der Waals surface area (Å²) in [4.78, 5) is 51.7. The zero-order chi connectivity index (χ0) is 22.0. The van der Waals surface area contributed by atoms with E-state index < -0.39 is 17.2 Å². The van der Waals surface area contributed by atoms with E-state index in [0.717, 1.165) is 4.57 Å². The first-order chi connectivity index (χ1) is 14.2. The molecule has 1 amide bonds. The molecule has 8 nitrogen and oxygen atoms in total. The van der Waals surface area contributed by atoms with Crippen LogP contribution in [-0.2, 0) is 14.1 Å². The number of Topliss-reactive ketones (excluding diaryl/α,β-unsaturated/α-hetero) is 1. The Morgan fingerprint density at radius 2 is 1.83 bits per heavy atom. The van der Waals surface area contributed by atoms with E-state index in [9.17, 15) is 19.2 Å². The normalized spacial score (nSPS) is 16.6. The summed E-state index contributed by atoms with van der Waals surface area (Å²) in [5, 5.41) is 0. The third-order valence-electron chi connectivity index (χ3n) is 5.31. The molecule has 1 aliphatic heterocycles. The van der Waals surface area contributed by atoms with Crippen molar-refractivity contribution in [3.8, 4) is 5.75 Å². The summed E-state index contributed by atoms with van der Waals surface area (Å²) in [6.07, 6.45) is 1.35. The van der Waals surface area contributed by atoms with Gasteiger partial charge in [-0.1, -0.05) is 12.1 Å². The van der Waals surface area contributed by atoms with Gasteiger partial charge < -0.3 is 9.64 Å². The van der Waals surface area contributed by atoms with E-state index >= 15 is 0 Å². The molecule has 0 saturated carbocycles. The lowest BCUT2D eigenvalue weighted by atomic mass is 9.89. The zero-order valence-corrected chi connectivity index (χ0v) is 17.8. The van der Waals surface area contributed by atoms with Crippen molar-refractivity contribution in [3.05, 3.63) is 62.4 Å². The van der Waals surface area contributed by atoms with Crippen LogP contribution in [0.4, 0.5) is 0 Å². The van der Waals surface area contributed by atoms with E-state index in [1.807, 2.05) is 19.9 Å². The number of benzene rings is 1. The fraction of sp³-hybridized carbons (Fsp3) is 0.455. The second-order valence-corrected chi connectivity index (χ2v) is 7.92. The van der Waals surface area contributed by atoms with E-state index in [4.69, 9.17) is 4.74 Å². The van der Waals surface area contributed by atoms with Crippen molar-refractivity contribution in [1.82, 2.24) is 14.0 Å². The molecule has 0 bridgehead atoms. The standard InChI is InChI=1S/C22H27N3O5/c1-14(2)30-17-9-5-7-15(11-17)20(27)16-8-6-10-25(13-16)21(28)18-12-19(26)24(4)22(29)23(18)3/h5,7,9,11-12,14,16H,6,8,10,13H2,1-4H3/t16-/m0/s1. The molecular weight excluding hydrogens is 386 g/mol. The van der Waals surface area contributed by atoms with Gasteiger partial charge in [-0.3, -0.25) is 23.5 Å². The Morgan fingerprint density at radius 3 is 2.53 bits per heavy atom. The summed E-state index contributed by atoms with van der Waals surface area (Å²) in [5.74, 6) is -0.170. The van der Waals surface area contributed by atoms with Crippen LogP contribution in [0.3, 0.4) is 0 Å². The third-order valence-corrected chi connectivity index (χ3v) is 5.31. The molecule has 0 N–H and O–H groups in total. The molecule has 1 atom stereocenters. The molecule has 1 aromatic heterocycles. The maximum atomic E-state index is 13.1. The van der Waals surface area contributed by atoms with Crippen molar-refractivity contribution < 1.29 is 14.3 Å². The summed E-state index contributed by atoms with van der Waals surface area (Å²) >= 11 is 0. The van der Waals surface area contributed by atoms with Gasteiger partial charge in [-0.05, 0) is 38.8 Å². The van der Waals surface area contributed by atoms with Crippen LogP contribution >= 0.6 is 0 Å². The Balaban J connectivity index is 1.80. The number of amides is 1. The van der Waals surface area contributed by atoms with Crippen molar-refractivity contribution in [3.63, 3.8) is 0 Å². The van der Waals surface area contributed by atoms with Gasteiger partial charge in [0.1, 0.15) is 11.4 Å². The minimum Gasteiger partial charge on any atom is -0.491 e. The first-order valence-corrected chi connectivity index (χ1v) is 10.1. The number of aromatic nitrogens is 2. The number of rotatable bonds is 5. The number of ether oxygens (including phenoxy) is 1. The number of ketones is 1. The number of hydrogen-bond donors (Lipinski definition) is 0. The van der Waals surface area contributed by atoms with Crippen LogP contribution in [0, 0.1) is 5.92 Å². The molecule has 0 unspecified atom stereocenters. The Labute approximate surface area is 174 Å². The highest BCUT2D eigenvalue weighted by atomic mass is 16.5. The highest BCUT2D eigenvalue weighted by Crippen LogP contribution is 2.24. The fourth-order valence-corrected chi connectivity index (χ4v) is 3.71. The monoisotopic (exact) mass is 413 g/mol. The summed E-state index contributed by atoms with van der Waals surface area (Å²) in [6.45, 7) is 4.56. The van der Waals surface area contributed by atoms with Crippen LogP contribution < -0.4 is 16.0 Å². The average molecular weight is 413 g/mol. The van der Waals surface area contributed by atoms with Gasteiger partial charge in [-0.2, -0.15) is 0 Å². The summed E-state index contributed by atoms with van der Waals surface area (Å²) in [7, 11) is 2.83. The highest BCUT2D eigenvalue weighted by molar-refractivity contribution is 5.99. The number of nitrogens with zero attached hydrogens (tertiary/aromatic N) is 3. The van der Waals surface area contributed by atoms with Crippen LogP contribution in [0.1, 0.15) is 47.5 Å². The largest absolute Gasteiger partial charge is 0.491 e. The number of piperidine rings is 1. The Hall–Kier alpha value is -3.16. The smallest absolute Gasteiger partial charge is 0.331 e. The van der Waals surface area contributed by atoms with E-state index in [0.29, 0.717) is 30.7 Å². The van der Waals surface area contributed by atoms with Crippen LogP contribution in [0.25, 0.3) is 0 Å². The van der Waals surface area contributed by atoms with Crippen molar-refractivity contribution in [1.29, 1.82) is 0 Å². The number of hydrogen-bond acceptors (Lipinski definition) is 5. The quantitative estimate of drug-likeness (QED) is 0.695. The van der Waals surface area contributed by atoms with Gasteiger partial charge in [0.2, 0.25) is 0 Å². The molecule has 1 fully saturated rings. The van der Waals surface area contributed by atoms with Crippen LogP contribution in [0.5, 0.6) is 5.75 Å². The molecule has 0 spiro atoms. The molecule has 1 aromatic carbocycles. The summed E-state index contributed by atoms with van der Waals surface area (Å²) < 4.78 is 7.79. The molecule has 30 heavy (non-hydrogen) atoms. The maximum Gasteiger partial charge on any atom is 0.331 e. The van der Waals surface area contributed by atoms with Gasteiger partial charge in [0.25, 0.3) is 11.5 Å². The first-order valence-electron chi connectivity index (χ1n) is 10.1. The topological polar surface area (TPSA) is 90.6 Å². The van der Waals surface area contributed by atoms with Gasteiger partial charge in [-0.15, -0.1) is 0 Å². The van der Waals surface area contributed by atoms with Crippen molar-refractivity contribution in [2.75, 3.05) is 13.1 Å². The lowest BCUT2D eigenvalue weighted by Gasteiger charge is -2.32. The molecule has 8 heteroatoms. The van der Waals surface area contributed by atoms with Gasteiger partial charge in [0.15, 0.2) is 5.78 Å². The Morgan fingerprint density at radius 1 is 1.10 bits per heavy atom. The molecule has 2 heterocycles. The SMILES string of the molecule is CC(C)Oc1cccc(C(=O)[C@H]2CCCN(C(=O)c3cc(=O)n(C)c(=O)n3C)C2)c1. The molecule has 1 aliphatic rings. The number of carbonyl (C=O) groups is 2. The van der Waals surface area contributed by atoms with Crippen molar-refractivity contribution in [2.24, 2.45) is 20.0 Å². The van der Waals surface area contributed by atoms with E-state index in [1.165, 1.54) is 24.7 Å². The molecule has 0 radical (unpaired) electrons. The Kier molecular flexibility index (Phi) is 6.24. The predicted octanol–water partition coefficient (Wildman–Crippen LogP) is 1.61. The summed E-state index contributed by atoms with van der Waals surface area (Å²) in [6, 6.07) is 8.24. The molecule has 160 valence electrons. The van der Waals surface area contributed by atoms with Crippen molar-refractivity contribution >= 4 is 11.7 Å².